The number of nitrogens with one attached hydrogen (secondary N) is 3. The fraction of sp³-hybridized carbons (Fsp3) is 0.613. The van der Waals surface area contributed by atoms with Crippen LogP contribution in [-0.4, -0.2) is 86.0 Å². The van der Waals surface area contributed by atoms with Crippen LogP contribution in [0.25, 0.3) is 0 Å². The molecule has 2 saturated heterocycles. The molecule has 1 aromatic carbocycles. The van der Waals surface area contributed by atoms with Gasteiger partial charge in [0.2, 0.25) is 17.7 Å². The van der Waals surface area contributed by atoms with Crippen LogP contribution in [0.4, 0.5) is 0 Å². The lowest BCUT2D eigenvalue weighted by Crippen LogP contribution is -2.57. The number of methoxy groups -OCH3 is 1. The molecule has 0 saturated carbocycles. The Morgan fingerprint density at radius 2 is 1.76 bits per heavy atom. The highest BCUT2D eigenvalue weighted by Crippen LogP contribution is 2.31. The van der Waals surface area contributed by atoms with E-state index in [9.17, 15) is 19.2 Å². The third kappa shape index (κ3) is 8.39. The first-order valence-corrected chi connectivity index (χ1v) is 14.7. The maximum atomic E-state index is 13.7. The minimum Gasteiger partial charge on any atom is -0.497 e. The normalized spacial score (nSPS) is 24.4. The van der Waals surface area contributed by atoms with Crippen molar-refractivity contribution in [3.63, 3.8) is 0 Å². The highest BCUT2D eigenvalue weighted by Gasteiger charge is 2.50. The number of allylic oxidation sites excluding steroid dienone is 1. The fourth-order valence-electron chi connectivity index (χ4n) is 5.57. The first kappa shape index (κ1) is 30.7. The molecule has 0 unspecified atom stereocenters. The molecular formula is C31H44N4O6. The molecule has 3 amide bonds. The summed E-state index contributed by atoms with van der Waals surface area (Å²) in [5.41, 5.74) is 1.07. The predicted octanol–water partition coefficient (Wildman–Crippen LogP) is 1.91. The number of ether oxygens (including phenoxy) is 2. The van der Waals surface area contributed by atoms with Crippen LogP contribution in [0.5, 0.6) is 5.75 Å². The number of piperidine rings is 1. The zero-order valence-electron chi connectivity index (χ0n) is 24.7. The highest BCUT2D eigenvalue weighted by molar-refractivity contribution is 5.98. The van der Waals surface area contributed by atoms with Crippen LogP contribution in [0, 0.1) is 5.92 Å². The summed E-state index contributed by atoms with van der Waals surface area (Å²) < 4.78 is 10.7. The van der Waals surface area contributed by atoms with Gasteiger partial charge in [-0.3, -0.25) is 19.2 Å². The summed E-state index contributed by atoms with van der Waals surface area (Å²) in [7, 11) is 3.56. The summed E-state index contributed by atoms with van der Waals surface area (Å²) >= 11 is 0. The summed E-state index contributed by atoms with van der Waals surface area (Å²) in [6.07, 6.45) is 7.37. The zero-order valence-corrected chi connectivity index (χ0v) is 24.7. The van der Waals surface area contributed by atoms with Crippen molar-refractivity contribution in [2.45, 2.75) is 82.5 Å². The fourth-order valence-corrected chi connectivity index (χ4v) is 5.57. The van der Waals surface area contributed by atoms with Gasteiger partial charge in [0.1, 0.15) is 23.4 Å². The SMILES string of the molecule is COc1ccc(C[C@H](NC(=O)[C@@H](C)NC(=O)[C@@H]2CCCN(C)C2)C(=O)N[C@@H](CC2=CCCC2)C(=O)[C@@]2(C)CO2)cc1. The third-order valence-electron chi connectivity index (χ3n) is 8.31. The summed E-state index contributed by atoms with van der Waals surface area (Å²) in [5, 5.41) is 8.60. The molecule has 0 bridgehead atoms. The highest BCUT2D eigenvalue weighted by atomic mass is 16.6. The summed E-state index contributed by atoms with van der Waals surface area (Å²) in [5.74, 6) is -0.741. The molecule has 10 heteroatoms. The number of rotatable bonds is 13. The number of carbonyl (C=O) groups is 4. The molecule has 0 aromatic heterocycles. The Morgan fingerprint density at radius 3 is 2.37 bits per heavy atom. The van der Waals surface area contributed by atoms with Crippen LogP contribution in [-0.2, 0) is 30.3 Å². The Bertz CT molecular complexity index is 1150. The Labute approximate surface area is 242 Å². The van der Waals surface area contributed by atoms with Crippen molar-refractivity contribution in [1.29, 1.82) is 0 Å². The van der Waals surface area contributed by atoms with Gasteiger partial charge in [0.15, 0.2) is 5.78 Å². The van der Waals surface area contributed by atoms with Crippen LogP contribution in [0.2, 0.25) is 0 Å². The first-order valence-electron chi connectivity index (χ1n) is 14.7. The Kier molecular flexibility index (Phi) is 10.2. The first-order chi connectivity index (χ1) is 19.6. The standard InChI is InChI=1S/C31H44N4O6/c1-20(32-29(38)23-10-7-15-35(3)18-23)28(37)34-26(17-22-11-13-24(40-4)14-12-22)30(39)33-25(16-21-8-5-6-9-21)27(36)31(2)19-41-31/h8,11-14,20,23,25-26H,5-7,9-10,15-19H2,1-4H3,(H,32,38)(H,33,39)(H,34,37)/t20-,23-,25+,26+,31-/m1/s1. The van der Waals surface area contributed by atoms with Crippen molar-refractivity contribution in [2.24, 2.45) is 5.92 Å². The summed E-state index contributed by atoms with van der Waals surface area (Å²) in [6, 6.07) is 4.70. The van der Waals surface area contributed by atoms with Crippen molar-refractivity contribution in [3.8, 4) is 5.75 Å². The van der Waals surface area contributed by atoms with Gasteiger partial charge in [0.25, 0.3) is 0 Å². The number of ketones is 1. The van der Waals surface area contributed by atoms with Crippen molar-refractivity contribution in [3.05, 3.63) is 41.5 Å². The average Bonchev–Trinajstić information content (AvgIpc) is 3.50. The number of likely N-dealkylation sites (tertiary alicyclic amines) is 1. The molecule has 3 aliphatic rings. The van der Waals surface area contributed by atoms with E-state index in [0.717, 1.165) is 49.8 Å². The van der Waals surface area contributed by atoms with Crippen LogP contribution in [0.15, 0.2) is 35.9 Å². The Balaban J connectivity index is 1.46. The van der Waals surface area contributed by atoms with Gasteiger partial charge in [-0.05, 0) is 83.7 Å². The molecule has 2 fully saturated rings. The largest absolute Gasteiger partial charge is 0.497 e. The Morgan fingerprint density at radius 1 is 1.05 bits per heavy atom. The lowest BCUT2D eigenvalue weighted by atomic mass is 9.94. The number of amides is 3. The minimum atomic E-state index is -0.961. The van der Waals surface area contributed by atoms with Crippen LogP contribution in [0.3, 0.4) is 0 Å². The minimum absolute atomic E-state index is 0.161. The second-order valence-corrected chi connectivity index (χ2v) is 11.8. The average molecular weight is 569 g/mol. The second kappa shape index (κ2) is 13.6. The molecule has 1 aliphatic carbocycles. The molecule has 224 valence electrons. The molecule has 5 atom stereocenters. The van der Waals surface area contributed by atoms with Crippen molar-refractivity contribution < 1.29 is 28.7 Å². The number of hydrogen-bond donors (Lipinski definition) is 3. The van der Waals surface area contributed by atoms with E-state index < -0.39 is 35.5 Å². The van der Waals surface area contributed by atoms with Gasteiger partial charge in [-0.2, -0.15) is 0 Å². The van der Waals surface area contributed by atoms with Crippen molar-refractivity contribution in [2.75, 3.05) is 33.9 Å². The summed E-state index contributed by atoms with van der Waals surface area (Å²) in [6.45, 7) is 5.29. The lowest BCUT2D eigenvalue weighted by Gasteiger charge is -2.30. The number of Topliss-reactive ketones (excluding diaryl/α,β-unsaturated/α-hetero) is 1. The number of epoxide rings is 1. The van der Waals surface area contributed by atoms with Crippen molar-refractivity contribution >= 4 is 23.5 Å². The van der Waals surface area contributed by atoms with E-state index in [2.05, 4.69) is 26.9 Å². The van der Waals surface area contributed by atoms with E-state index in [0.29, 0.717) is 25.3 Å². The maximum absolute atomic E-state index is 13.7. The molecule has 0 spiro atoms. The molecule has 0 radical (unpaired) electrons. The van der Waals surface area contributed by atoms with Gasteiger partial charge < -0.3 is 30.3 Å². The van der Waals surface area contributed by atoms with E-state index in [1.54, 1.807) is 33.1 Å². The molecule has 2 aliphatic heterocycles. The van der Waals surface area contributed by atoms with Crippen LogP contribution < -0.4 is 20.7 Å². The number of carbonyl (C=O) groups excluding carboxylic acids is 4. The number of nitrogens with zero attached hydrogens (tertiary/aromatic N) is 1. The molecular weight excluding hydrogens is 524 g/mol. The van der Waals surface area contributed by atoms with Crippen LogP contribution in [0.1, 0.15) is 57.9 Å². The van der Waals surface area contributed by atoms with Crippen LogP contribution >= 0.6 is 0 Å². The van der Waals surface area contributed by atoms with Gasteiger partial charge >= 0.3 is 0 Å². The Hall–Kier alpha value is -3.24. The second-order valence-electron chi connectivity index (χ2n) is 11.8. The third-order valence-corrected chi connectivity index (χ3v) is 8.31. The smallest absolute Gasteiger partial charge is 0.243 e. The molecule has 4 rings (SSSR count). The summed E-state index contributed by atoms with van der Waals surface area (Å²) in [4.78, 5) is 55.3. The van der Waals surface area contributed by atoms with Gasteiger partial charge in [0.05, 0.1) is 25.7 Å². The molecule has 2 heterocycles. The lowest BCUT2D eigenvalue weighted by molar-refractivity contribution is -0.134. The van der Waals surface area contributed by atoms with E-state index in [4.69, 9.17) is 9.47 Å². The predicted molar refractivity (Wildman–Crippen MR) is 154 cm³/mol. The van der Waals surface area contributed by atoms with E-state index in [1.807, 2.05) is 19.2 Å². The van der Waals surface area contributed by atoms with Gasteiger partial charge in [-0.15, -0.1) is 0 Å². The molecule has 41 heavy (non-hydrogen) atoms. The number of benzene rings is 1. The topological polar surface area (TPSA) is 129 Å². The molecule has 1 aromatic rings. The van der Waals surface area contributed by atoms with E-state index in [1.165, 1.54) is 0 Å². The van der Waals surface area contributed by atoms with Crippen molar-refractivity contribution in [1.82, 2.24) is 20.9 Å². The number of hydrogen-bond acceptors (Lipinski definition) is 7. The molecule has 10 nitrogen and oxygen atoms in total. The van der Waals surface area contributed by atoms with Gasteiger partial charge in [-0.25, -0.2) is 0 Å². The zero-order chi connectivity index (χ0) is 29.6. The van der Waals surface area contributed by atoms with E-state index >= 15 is 0 Å². The maximum Gasteiger partial charge on any atom is 0.243 e. The van der Waals surface area contributed by atoms with Gasteiger partial charge in [-0.1, -0.05) is 23.8 Å². The quantitative estimate of drug-likeness (QED) is 0.245. The van der Waals surface area contributed by atoms with Gasteiger partial charge in [0, 0.05) is 13.0 Å². The molecule has 3 N–H and O–H groups in total. The monoisotopic (exact) mass is 568 g/mol. The van der Waals surface area contributed by atoms with E-state index in [-0.39, 0.29) is 24.0 Å².